The smallest absolute Gasteiger partial charge is 0.305 e. The molecule has 0 aliphatic rings. The standard InChI is InChI=1S/C10H14N.Li/c1-9(11(2)3)10-7-5-4-6-8-10;/h4-7,9H,1-3H3;/q-1;+1/t9-;/m0./s1. The minimum Gasteiger partial charge on any atom is -0.305 e. The summed E-state index contributed by atoms with van der Waals surface area (Å²) in [4.78, 5) is 2.17. The summed E-state index contributed by atoms with van der Waals surface area (Å²) in [6.45, 7) is 2.17. The average molecular weight is 155 g/mol. The molecule has 0 saturated carbocycles. The first kappa shape index (κ1) is 11.8. The van der Waals surface area contributed by atoms with Gasteiger partial charge in [0.1, 0.15) is 0 Å². The monoisotopic (exact) mass is 155 g/mol. The third-order valence-corrected chi connectivity index (χ3v) is 1.96. The Labute approximate surface area is 86.9 Å². The molecule has 2 heteroatoms. The number of rotatable bonds is 2. The van der Waals surface area contributed by atoms with Gasteiger partial charge in [0.2, 0.25) is 0 Å². The van der Waals surface area contributed by atoms with Gasteiger partial charge in [-0.25, -0.2) is 0 Å². The van der Waals surface area contributed by atoms with Gasteiger partial charge in [-0.15, -0.1) is 5.56 Å². The third kappa shape index (κ3) is 3.03. The van der Waals surface area contributed by atoms with E-state index in [1.165, 1.54) is 5.56 Å². The summed E-state index contributed by atoms with van der Waals surface area (Å²) in [7, 11) is 4.15. The Balaban J connectivity index is 0.00000121. The van der Waals surface area contributed by atoms with Gasteiger partial charge < -0.3 is 4.90 Å². The predicted octanol–water partition coefficient (Wildman–Crippen LogP) is -0.887. The quantitative estimate of drug-likeness (QED) is 0.396. The molecule has 0 heterocycles. The summed E-state index contributed by atoms with van der Waals surface area (Å²) in [6, 6.07) is 11.8. The van der Waals surface area contributed by atoms with Crippen molar-refractivity contribution in [1.82, 2.24) is 4.90 Å². The van der Waals surface area contributed by atoms with Crippen molar-refractivity contribution in [1.29, 1.82) is 0 Å². The van der Waals surface area contributed by atoms with Gasteiger partial charge in [0.25, 0.3) is 0 Å². The average Bonchev–Trinajstić information content (AvgIpc) is 2.05. The second kappa shape index (κ2) is 5.43. The number of nitrogens with zero attached hydrogens (tertiary/aromatic N) is 1. The molecular weight excluding hydrogens is 141 g/mol. The summed E-state index contributed by atoms with van der Waals surface area (Å²) in [5.41, 5.74) is 1.25. The van der Waals surface area contributed by atoms with Crippen molar-refractivity contribution in [2.45, 2.75) is 13.0 Å². The first-order chi connectivity index (χ1) is 5.22. The van der Waals surface area contributed by atoms with Crippen molar-refractivity contribution >= 4 is 0 Å². The van der Waals surface area contributed by atoms with Crippen LogP contribution in [0, 0.1) is 6.07 Å². The van der Waals surface area contributed by atoms with E-state index in [4.69, 9.17) is 0 Å². The van der Waals surface area contributed by atoms with Crippen LogP contribution in [0.4, 0.5) is 0 Å². The molecule has 1 nitrogen and oxygen atoms in total. The summed E-state index contributed by atoms with van der Waals surface area (Å²) in [6.07, 6.45) is 0. The van der Waals surface area contributed by atoms with E-state index in [-0.39, 0.29) is 18.9 Å². The first-order valence-electron chi connectivity index (χ1n) is 3.85. The fourth-order valence-corrected chi connectivity index (χ4v) is 0.945. The number of hydrogen-bond donors (Lipinski definition) is 0. The molecule has 1 rings (SSSR count). The van der Waals surface area contributed by atoms with E-state index in [2.05, 4.69) is 38.1 Å². The molecule has 0 unspecified atom stereocenters. The van der Waals surface area contributed by atoms with Gasteiger partial charge in [0.05, 0.1) is 0 Å². The molecule has 1 aromatic carbocycles. The van der Waals surface area contributed by atoms with Crippen molar-refractivity contribution in [3.8, 4) is 0 Å². The SMILES string of the molecule is C[C@@H](c1[c-]cccc1)N(C)C.[Li+]. The van der Waals surface area contributed by atoms with Crippen LogP contribution in [0.1, 0.15) is 18.5 Å². The zero-order valence-corrected chi connectivity index (χ0v) is 8.33. The molecule has 0 amide bonds. The predicted molar refractivity (Wildman–Crippen MR) is 47.4 cm³/mol. The van der Waals surface area contributed by atoms with Crippen LogP contribution in [-0.2, 0) is 0 Å². The van der Waals surface area contributed by atoms with E-state index in [1.54, 1.807) is 0 Å². The molecule has 0 fully saturated rings. The maximum Gasteiger partial charge on any atom is 1.00 e. The Morgan fingerprint density at radius 1 is 1.33 bits per heavy atom. The van der Waals surface area contributed by atoms with Crippen LogP contribution in [0.15, 0.2) is 24.3 Å². The van der Waals surface area contributed by atoms with Gasteiger partial charge in [-0.05, 0) is 21.0 Å². The maximum absolute atomic E-state index is 3.21. The zero-order chi connectivity index (χ0) is 8.27. The van der Waals surface area contributed by atoms with Gasteiger partial charge in [0, 0.05) is 6.04 Å². The molecular formula is C10H14LiN. The van der Waals surface area contributed by atoms with Crippen molar-refractivity contribution in [2.75, 3.05) is 14.1 Å². The summed E-state index contributed by atoms with van der Waals surface area (Å²) in [5, 5.41) is 0. The number of benzene rings is 1. The molecule has 0 aliphatic carbocycles. The number of hydrogen-bond acceptors (Lipinski definition) is 1. The van der Waals surface area contributed by atoms with Crippen LogP contribution in [0.2, 0.25) is 0 Å². The minimum atomic E-state index is 0. The second-order valence-electron chi connectivity index (χ2n) is 2.96. The van der Waals surface area contributed by atoms with Crippen LogP contribution in [-0.4, -0.2) is 19.0 Å². The van der Waals surface area contributed by atoms with E-state index < -0.39 is 0 Å². The van der Waals surface area contributed by atoms with Gasteiger partial charge in [-0.3, -0.25) is 0 Å². The van der Waals surface area contributed by atoms with Gasteiger partial charge in [-0.1, -0.05) is 0 Å². The molecule has 0 saturated heterocycles. The van der Waals surface area contributed by atoms with E-state index in [9.17, 15) is 0 Å². The Morgan fingerprint density at radius 2 is 2.00 bits per heavy atom. The van der Waals surface area contributed by atoms with E-state index in [1.807, 2.05) is 18.2 Å². The van der Waals surface area contributed by atoms with Crippen LogP contribution < -0.4 is 18.9 Å². The van der Waals surface area contributed by atoms with Gasteiger partial charge >= 0.3 is 18.9 Å². The van der Waals surface area contributed by atoms with Crippen LogP contribution in [0.3, 0.4) is 0 Å². The maximum atomic E-state index is 3.21. The van der Waals surface area contributed by atoms with Crippen molar-refractivity contribution < 1.29 is 18.9 Å². The van der Waals surface area contributed by atoms with Crippen LogP contribution >= 0.6 is 0 Å². The van der Waals surface area contributed by atoms with Crippen LogP contribution in [0.5, 0.6) is 0 Å². The largest absolute Gasteiger partial charge is 1.00 e. The summed E-state index contributed by atoms with van der Waals surface area (Å²) < 4.78 is 0. The second-order valence-corrected chi connectivity index (χ2v) is 2.96. The molecule has 1 atom stereocenters. The van der Waals surface area contributed by atoms with E-state index in [0.29, 0.717) is 6.04 Å². The summed E-state index contributed by atoms with van der Waals surface area (Å²) in [5.74, 6) is 0. The normalized spacial score (nSPS) is 12.3. The van der Waals surface area contributed by atoms with E-state index >= 15 is 0 Å². The van der Waals surface area contributed by atoms with Crippen molar-refractivity contribution in [3.05, 3.63) is 35.9 Å². The molecule has 1 aromatic rings. The molecule has 0 aromatic heterocycles. The molecule has 0 aliphatic heterocycles. The van der Waals surface area contributed by atoms with Gasteiger partial charge in [0.15, 0.2) is 0 Å². The Morgan fingerprint density at radius 3 is 2.42 bits per heavy atom. The first-order valence-corrected chi connectivity index (χ1v) is 3.85. The third-order valence-electron chi connectivity index (χ3n) is 1.96. The van der Waals surface area contributed by atoms with Gasteiger partial charge in [-0.2, -0.15) is 30.3 Å². The molecule has 0 radical (unpaired) electrons. The Bertz CT molecular complexity index is 208. The Hall–Kier alpha value is -0.223. The zero-order valence-electron chi connectivity index (χ0n) is 8.33. The van der Waals surface area contributed by atoms with Crippen molar-refractivity contribution in [3.63, 3.8) is 0 Å². The van der Waals surface area contributed by atoms with Crippen LogP contribution in [0.25, 0.3) is 0 Å². The molecule has 0 bridgehead atoms. The fraction of sp³-hybridized carbons (Fsp3) is 0.400. The molecule has 0 spiro atoms. The van der Waals surface area contributed by atoms with Crippen molar-refractivity contribution in [2.24, 2.45) is 0 Å². The fourth-order valence-electron chi connectivity index (χ4n) is 0.945. The minimum absolute atomic E-state index is 0. The topological polar surface area (TPSA) is 3.24 Å². The molecule has 12 heavy (non-hydrogen) atoms. The molecule has 60 valence electrons. The van der Waals surface area contributed by atoms with E-state index in [0.717, 1.165) is 0 Å². The molecule has 0 N–H and O–H groups in total. The summed E-state index contributed by atoms with van der Waals surface area (Å²) >= 11 is 0. The Kier molecular flexibility index (Phi) is 5.33.